The van der Waals surface area contributed by atoms with Crippen molar-refractivity contribution < 1.29 is 9.84 Å². The zero-order valence-corrected chi connectivity index (χ0v) is 12.4. The third kappa shape index (κ3) is 3.16. The highest BCUT2D eigenvalue weighted by Gasteiger charge is 2.29. The van der Waals surface area contributed by atoms with E-state index in [-0.39, 0.29) is 6.10 Å². The fourth-order valence-corrected chi connectivity index (χ4v) is 2.65. The smallest absolute Gasteiger partial charge is 0.107 e. The van der Waals surface area contributed by atoms with Crippen molar-refractivity contribution in [1.29, 1.82) is 0 Å². The fraction of sp³-hybridized carbons (Fsp3) is 0.625. The van der Waals surface area contributed by atoms with Gasteiger partial charge in [-0.15, -0.1) is 0 Å². The Bertz CT molecular complexity index is 431. The zero-order valence-electron chi connectivity index (χ0n) is 12.4. The number of benzene rings is 1. The average molecular weight is 263 g/mol. The Hall–Kier alpha value is -0.900. The molecule has 0 aliphatic carbocycles. The van der Waals surface area contributed by atoms with Crippen LogP contribution in [0.4, 0.5) is 0 Å². The first-order chi connectivity index (χ1) is 9.00. The summed E-state index contributed by atoms with van der Waals surface area (Å²) in [5, 5.41) is 10.6. The minimum absolute atomic E-state index is 0.128. The lowest BCUT2D eigenvalue weighted by atomic mass is 9.95. The summed E-state index contributed by atoms with van der Waals surface area (Å²) in [6.07, 6.45) is -0.668. The van der Waals surface area contributed by atoms with Gasteiger partial charge >= 0.3 is 0 Å². The molecule has 1 aliphatic heterocycles. The van der Waals surface area contributed by atoms with E-state index >= 15 is 0 Å². The van der Waals surface area contributed by atoms with E-state index in [2.05, 4.69) is 38.7 Å². The minimum Gasteiger partial charge on any atom is -0.386 e. The van der Waals surface area contributed by atoms with Crippen molar-refractivity contribution in [3.63, 3.8) is 0 Å². The summed E-state index contributed by atoms with van der Waals surface area (Å²) in [5.41, 5.74) is 3.38. The molecule has 1 N–H and O–H groups in total. The van der Waals surface area contributed by atoms with Gasteiger partial charge in [-0.3, -0.25) is 4.90 Å². The molecule has 0 radical (unpaired) electrons. The Morgan fingerprint density at radius 1 is 1.32 bits per heavy atom. The van der Waals surface area contributed by atoms with Gasteiger partial charge in [0.05, 0.1) is 6.61 Å². The summed E-state index contributed by atoms with van der Waals surface area (Å²) in [7, 11) is 0. The molecule has 1 fully saturated rings. The number of aliphatic hydroxyl groups is 1. The molecule has 1 aromatic rings. The van der Waals surface area contributed by atoms with Crippen LogP contribution >= 0.6 is 0 Å². The first-order valence-corrected chi connectivity index (χ1v) is 7.10. The largest absolute Gasteiger partial charge is 0.386 e. The number of nitrogens with zero attached hydrogens (tertiary/aromatic N) is 1. The molecule has 2 unspecified atom stereocenters. The molecule has 3 nitrogen and oxygen atoms in total. The maximum absolute atomic E-state index is 10.6. The van der Waals surface area contributed by atoms with Crippen LogP contribution in [0.1, 0.15) is 36.6 Å². The quantitative estimate of drug-likeness (QED) is 0.909. The lowest BCUT2D eigenvalue weighted by Gasteiger charge is -2.37. The standard InChI is InChI=1S/C16H25NO2/c1-11(2)17-8-9-19-15(10-17)16(18)14-7-5-6-12(3)13(14)4/h5-7,11,15-16,18H,8-10H2,1-4H3. The predicted molar refractivity (Wildman–Crippen MR) is 77.3 cm³/mol. The molecule has 2 atom stereocenters. The van der Waals surface area contributed by atoms with Gasteiger partial charge in [-0.1, -0.05) is 18.2 Å². The van der Waals surface area contributed by atoms with Crippen LogP contribution < -0.4 is 0 Å². The second-order valence-corrected chi connectivity index (χ2v) is 5.73. The summed E-state index contributed by atoms with van der Waals surface area (Å²) in [4.78, 5) is 2.36. The second-order valence-electron chi connectivity index (χ2n) is 5.73. The molecule has 0 amide bonds. The predicted octanol–water partition coefficient (Wildman–Crippen LogP) is 2.45. The molecule has 1 heterocycles. The van der Waals surface area contributed by atoms with E-state index in [9.17, 15) is 5.11 Å². The third-order valence-corrected chi connectivity index (χ3v) is 4.17. The van der Waals surface area contributed by atoms with Crippen LogP contribution in [0.3, 0.4) is 0 Å². The van der Waals surface area contributed by atoms with Crippen LogP contribution in [0.15, 0.2) is 18.2 Å². The van der Waals surface area contributed by atoms with Crippen LogP contribution in [-0.2, 0) is 4.74 Å². The van der Waals surface area contributed by atoms with Gasteiger partial charge in [-0.05, 0) is 44.4 Å². The minimum atomic E-state index is -0.540. The molecule has 106 valence electrons. The summed E-state index contributed by atoms with van der Waals surface area (Å²) < 4.78 is 5.78. The van der Waals surface area contributed by atoms with Crippen LogP contribution in [0.25, 0.3) is 0 Å². The highest BCUT2D eigenvalue weighted by atomic mass is 16.5. The Morgan fingerprint density at radius 2 is 2.05 bits per heavy atom. The van der Waals surface area contributed by atoms with Gasteiger partial charge in [-0.2, -0.15) is 0 Å². The van der Waals surface area contributed by atoms with Crippen molar-refractivity contribution in [3.05, 3.63) is 34.9 Å². The number of aryl methyl sites for hydroxylation is 1. The van der Waals surface area contributed by atoms with E-state index in [0.29, 0.717) is 12.6 Å². The molecule has 0 bridgehead atoms. The summed E-state index contributed by atoms with van der Waals surface area (Å²) in [5.74, 6) is 0. The van der Waals surface area contributed by atoms with Crippen molar-refractivity contribution >= 4 is 0 Å². The third-order valence-electron chi connectivity index (χ3n) is 4.17. The molecule has 1 aliphatic rings. The van der Waals surface area contributed by atoms with Gasteiger partial charge < -0.3 is 9.84 Å². The van der Waals surface area contributed by atoms with Crippen molar-refractivity contribution in [1.82, 2.24) is 4.90 Å². The first kappa shape index (κ1) is 14.5. The van der Waals surface area contributed by atoms with E-state index in [0.717, 1.165) is 18.7 Å². The van der Waals surface area contributed by atoms with Gasteiger partial charge in [-0.25, -0.2) is 0 Å². The maximum atomic E-state index is 10.6. The van der Waals surface area contributed by atoms with Gasteiger partial charge in [0.1, 0.15) is 12.2 Å². The normalized spacial score (nSPS) is 22.7. The molecular weight excluding hydrogens is 238 g/mol. The van der Waals surface area contributed by atoms with Crippen molar-refractivity contribution in [2.24, 2.45) is 0 Å². The molecule has 3 heteroatoms. The Morgan fingerprint density at radius 3 is 2.74 bits per heavy atom. The van der Waals surface area contributed by atoms with Crippen molar-refractivity contribution in [3.8, 4) is 0 Å². The molecule has 0 saturated carbocycles. The van der Waals surface area contributed by atoms with Crippen LogP contribution in [0.2, 0.25) is 0 Å². The van der Waals surface area contributed by atoms with Gasteiger partial charge in [0.15, 0.2) is 0 Å². The molecule has 2 rings (SSSR count). The van der Waals surface area contributed by atoms with E-state index in [4.69, 9.17) is 4.74 Å². The first-order valence-electron chi connectivity index (χ1n) is 7.10. The van der Waals surface area contributed by atoms with Crippen LogP contribution in [-0.4, -0.2) is 41.8 Å². The van der Waals surface area contributed by atoms with E-state index in [1.165, 1.54) is 11.1 Å². The van der Waals surface area contributed by atoms with E-state index in [1.54, 1.807) is 0 Å². The van der Waals surface area contributed by atoms with Crippen LogP contribution in [0.5, 0.6) is 0 Å². The molecular formula is C16H25NO2. The summed E-state index contributed by atoms with van der Waals surface area (Å²) >= 11 is 0. The molecule has 0 spiro atoms. The highest BCUT2D eigenvalue weighted by molar-refractivity contribution is 5.35. The summed E-state index contributed by atoms with van der Waals surface area (Å²) in [6.45, 7) is 11.0. The van der Waals surface area contributed by atoms with E-state index in [1.807, 2.05) is 12.1 Å². The molecule has 1 saturated heterocycles. The lowest BCUT2D eigenvalue weighted by Crippen LogP contribution is -2.47. The van der Waals surface area contributed by atoms with E-state index < -0.39 is 6.10 Å². The molecule has 1 aromatic carbocycles. The number of rotatable bonds is 3. The van der Waals surface area contributed by atoms with Gasteiger partial charge in [0.25, 0.3) is 0 Å². The fourth-order valence-electron chi connectivity index (χ4n) is 2.65. The van der Waals surface area contributed by atoms with Gasteiger partial charge in [0, 0.05) is 19.1 Å². The van der Waals surface area contributed by atoms with Crippen LogP contribution in [0, 0.1) is 13.8 Å². The number of ether oxygens (including phenoxy) is 1. The number of hydrogen-bond donors (Lipinski definition) is 1. The Balaban J connectivity index is 2.14. The lowest BCUT2D eigenvalue weighted by molar-refractivity contribution is -0.0963. The SMILES string of the molecule is Cc1cccc(C(O)C2CN(C(C)C)CCO2)c1C. The highest BCUT2D eigenvalue weighted by Crippen LogP contribution is 2.27. The number of hydrogen-bond acceptors (Lipinski definition) is 3. The second kappa shape index (κ2) is 6.04. The number of morpholine rings is 1. The number of aliphatic hydroxyl groups excluding tert-OH is 1. The topological polar surface area (TPSA) is 32.7 Å². The van der Waals surface area contributed by atoms with Crippen molar-refractivity contribution in [2.75, 3.05) is 19.7 Å². The Kier molecular flexibility index (Phi) is 4.61. The average Bonchev–Trinajstić information content (AvgIpc) is 2.41. The molecule has 0 aromatic heterocycles. The molecule has 19 heavy (non-hydrogen) atoms. The zero-order chi connectivity index (χ0) is 14.0. The maximum Gasteiger partial charge on any atom is 0.107 e. The monoisotopic (exact) mass is 263 g/mol. The van der Waals surface area contributed by atoms with Gasteiger partial charge in [0.2, 0.25) is 0 Å². The summed E-state index contributed by atoms with van der Waals surface area (Å²) in [6, 6.07) is 6.58. The Labute approximate surface area is 116 Å². The van der Waals surface area contributed by atoms with Crippen molar-refractivity contribution in [2.45, 2.75) is 45.9 Å².